The highest BCUT2D eigenvalue weighted by molar-refractivity contribution is 5.68. The highest BCUT2D eigenvalue weighted by Gasteiger charge is 2.37. The number of fused-ring (bicyclic) bond motifs is 1. The number of ether oxygens (including phenoxy) is 1. The molecule has 0 saturated carbocycles. The van der Waals surface area contributed by atoms with Crippen LogP contribution in [0.3, 0.4) is 0 Å². The van der Waals surface area contributed by atoms with Crippen LogP contribution >= 0.6 is 0 Å². The first-order valence-corrected chi connectivity index (χ1v) is 6.29. The predicted molar refractivity (Wildman–Crippen MR) is 69.8 cm³/mol. The Morgan fingerprint density at radius 1 is 1.56 bits per heavy atom. The molecule has 3 heterocycles. The third kappa shape index (κ3) is 1.75. The summed E-state index contributed by atoms with van der Waals surface area (Å²) in [7, 11) is 0. The van der Waals surface area contributed by atoms with Crippen molar-refractivity contribution < 1.29 is 4.74 Å². The van der Waals surface area contributed by atoms with E-state index in [9.17, 15) is 0 Å². The van der Waals surface area contributed by atoms with E-state index in [0.717, 1.165) is 30.1 Å². The van der Waals surface area contributed by atoms with E-state index in [1.807, 2.05) is 23.7 Å². The second-order valence-electron chi connectivity index (χ2n) is 5.20. The molecule has 2 aromatic heterocycles. The summed E-state index contributed by atoms with van der Waals surface area (Å²) in [6.07, 6.45) is 4.81. The van der Waals surface area contributed by atoms with Crippen LogP contribution in [0.4, 0.5) is 5.82 Å². The summed E-state index contributed by atoms with van der Waals surface area (Å²) in [4.78, 5) is 4.44. The molecule has 0 spiro atoms. The molecule has 1 N–H and O–H groups in total. The smallest absolute Gasteiger partial charge is 0.152 e. The highest BCUT2D eigenvalue weighted by Crippen LogP contribution is 2.30. The number of anilines is 1. The average molecular weight is 246 g/mol. The number of rotatable bonds is 2. The van der Waals surface area contributed by atoms with Crippen LogP contribution in [0, 0.1) is 6.92 Å². The number of nitrogens with one attached hydrogen (secondary N) is 1. The standard InChI is InChI=1S/C13H18N4O/c1-9-8-11-12(14-5-6-17(11)16-9)15-13(3)4-7-18-10(13)2/h5-6,8,10H,4,7H2,1-3H3,(H,14,15). The van der Waals surface area contributed by atoms with Gasteiger partial charge < -0.3 is 10.1 Å². The predicted octanol–water partition coefficient (Wildman–Crippen LogP) is 2.02. The third-order valence-corrected chi connectivity index (χ3v) is 3.80. The number of hydrogen-bond donors (Lipinski definition) is 1. The Hall–Kier alpha value is -1.62. The number of nitrogens with zero attached hydrogens (tertiary/aromatic N) is 3. The first-order valence-electron chi connectivity index (χ1n) is 6.29. The van der Waals surface area contributed by atoms with Crippen molar-refractivity contribution in [2.75, 3.05) is 11.9 Å². The number of hydrogen-bond acceptors (Lipinski definition) is 4. The van der Waals surface area contributed by atoms with Crippen LogP contribution in [0.1, 0.15) is 26.0 Å². The third-order valence-electron chi connectivity index (χ3n) is 3.80. The molecule has 0 aromatic carbocycles. The Labute approximate surface area is 106 Å². The van der Waals surface area contributed by atoms with E-state index in [1.54, 1.807) is 6.20 Å². The molecule has 1 aliphatic rings. The van der Waals surface area contributed by atoms with Gasteiger partial charge in [-0.05, 0) is 33.3 Å². The lowest BCUT2D eigenvalue weighted by Gasteiger charge is -2.29. The minimum absolute atomic E-state index is 0.0625. The molecule has 0 aliphatic carbocycles. The lowest BCUT2D eigenvalue weighted by atomic mass is 9.95. The van der Waals surface area contributed by atoms with Crippen molar-refractivity contribution in [1.82, 2.24) is 14.6 Å². The van der Waals surface area contributed by atoms with Crippen molar-refractivity contribution in [3.05, 3.63) is 24.2 Å². The van der Waals surface area contributed by atoms with Crippen LogP contribution in [0.5, 0.6) is 0 Å². The first-order chi connectivity index (χ1) is 8.58. The van der Waals surface area contributed by atoms with Crippen LogP contribution in [0.15, 0.2) is 18.5 Å². The summed E-state index contributed by atoms with van der Waals surface area (Å²) in [5.74, 6) is 0.873. The zero-order valence-electron chi connectivity index (χ0n) is 11.0. The first kappa shape index (κ1) is 11.5. The van der Waals surface area contributed by atoms with Crippen molar-refractivity contribution in [3.63, 3.8) is 0 Å². The van der Waals surface area contributed by atoms with Crippen LogP contribution in [0.25, 0.3) is 5.52 Å². The van der Waals surface area contributed by atoms with Crippen LogP contribution < -0.4 is 5.32 Å². The van der Waals surface area contributed by atoms with E-state index in [1.165, 1.54) is 0 Å². The highest BCUT2D eigenvalue weighted by atomic mass is 16.5. The molecule has 5 heteroatoms. The van der Waals surface area contributed by atoms with Crippen LogP contribution in [-0.2, 0) is 4.74 Å². The molecule has 2 atom stereocenters. The fourth-order valence-corrected chi connectivity index (χ4v) is 2.41. The zero-order valence-corrected chi connectivity index (χ0v) is 11.0. The molecule has 5 nitrogen and oxygen atoms in total. The van der Waals surface area contributed by atoms with Crippen molar-refractivity contribution in [2.45, 2.75) is 38.8 Å². The van der Waals surface area contributed by atoms with Gasteiger partial charge in [-0.2, -0.15) is 5.10 Å². The summed E-state index contributed by atoms with van der Waals surface area (Å²) in [6, 6.07) is 2.04. The Bertz CT molecular complexity index is 579. The van der Waals surface area contributed by atoms with Gasteiger partial charge in [-0.15, -0.1) is 0 Å². The molecule has 1 aliphatic heterocycles. The Morgan fingerprint density at radius 3 is 3.11 bits per heavy atom. The molecule has 1 saturated heterocycles. The minimum atomic E-state index is -0.0625. The van der Waals surface area contributed by atoms with Gasteiger partial charge in [-0.3, -0.25) is 0 Å². The molecule has 0 amide bonds. The summed E-state index contributed by atoms with van der Waals surface area (Å²) in [6.45, 7) is 7.06. The summed E-state index contributed by atoms with van der Waals surface area (Å²) < 4.78 is 7.50. The molecule has 2 aromatic rings. The molecule has 3 rings (SSSR count). The Balaban J connectivity index is 1.99. The second-order valence-corrected chi connectivity index (χ2v) is 5.20. The lowest BCUT2D eigenvalue weighted by Crippen LogP contribution is -2.41. The lowest BCUT2D eigenvalue weighted by molar-refractivity contribution is 0.105. The maximum atomic E-state index is 5.65. The summed E-state index contributed by atoms with van der Waals surface area (Å²) in [5, 5.41) is 7.92. The molecule has 0 bridgehead atoms. The molecule has 18 heavy (non-hydrogen) atoms. The SMILES string of the molecule is Cc1cc2c(NC3(C)CCOC3C)nccn2n1. The molecule has 96 valence electrons. The van der Waals surface area contributed by atoms with Crippen molar-refractivity contribution in [3.8, 4) is 0 Å². The zero-order chi connectivity index (χ0) is 12.8. The molecular formula is C13H18N4O. The van der Waals surface area contributed by atoms with Crippen LogP contribution in [0.2, 0.25) is 0 Å². The largest absolute Gasteiger partial charge is 0.376 e. The molecule has 0 radical (unpaired) electrons. The fourth-order valence-electron chi connectivity index (χ4n) is 2.41. The molecular weight excluding hydrogens is 228 g/mol. The fraction of sp³-hybridized carbons (Fsp3) is 0.538. The average Bonchev–Trinajstić information content (AvgIpc) is 2.84. The van der Waals surface area contributed by atoms with E-state index in [-0.39, 0.29) is 11.6 Å². The maximum Gasteiger partial charge on any atom is 0.152 e. The summed E-state index contributed by atoms with van der Waals surface area (Å²) >= 11 is 0. The minimum Gasteiger partial charge on any atom is -0.376 e. The van der Waals surface area contributed by atoms with E-state index < -0.39 is 0 Å². The Morgan fingerprint density at radius 2 is 2.39 bits per heavy atom. The molecule has 1 fully saturated rings. The van der Waals surface area contributed by atoms with Gasteiger partial charge in [0.05, 0.1) is 17.3 Å². The van der Waals surface area contributed by atoms with E-state index in [0.29, 0.717) is 0 Å². The number of aromatic nitrogens is 3. The van der Waals surface area contributed by atoms with Gasteiger partial charge in [0.25, 0.3) is 0 Å². The van der Waals surface area contributed by atoms with Gasteiger partial charge in [0.1, 0.15) is 5.52 Å². The summed E-state index contributed by atoms with van der Waals surface area (Å²) in [5.41, 5.74) is 1.94. The monoisotopic (exact) mass is 246 g/mol. The van der Waals surface area contributed by atoms with Gasteiger partial charge >= 0.3 is 0 Å². The quantitative estimate of drug-likeness (QED) is 0.880. The van der Waals surface area contributed by atoms with E-state index in [4.69, 9.17) is 4.74 Å². The van der Waals surface area contributed by atoms with Gasteiger partial charge in [-0.25, -0.2) is 9.50 Å². The molecule has 2 unspecified atom stereocenters. The van der Waals surface area contributed by atoms with Gasteiger partial charge in [0.15, 0.2) is 5.82 Å². The van der Waals surface area contributed by atoms with Crippen molar-refractivity contribution in [2.24, 2.45) is 0 Å². The van der Waals surface area contributed by atoms with Crippen molar-refractivity contribution >= 4 is 11.3 Å². The van der Waals surface area contributed by atoms with Gasteiger partial charge in [0, 0.05) is 19.0 Å². The van der Waals surface area contributed by atoms with Gasteiger partial charge in [0.2, 0.25) is 0 Å². The van der Waals surface area contributed by atoms with Gasteiger partial charge in [-0.1, -0.05) is 0 Å². The van der Waals surface area contributed by atoms with E-state index >= 15 is 0 Å². The topological polar surface area (TPSA) is 51.5 Å². The van der Waals surface area contributed by atoms with Crippen LogP contribution in [-0.4, -0.2) is 32.8 Å². The second kappa shape index (κ2) is 3.95. The van der Waals surface area contributed by atoms with Crippen molar-refractivity contribution in [1.29, 1.82) is 0 Å². The maximum absolute atomic E-state index is 5.65. The normalized spacial score (nSPS) is 27.8. The Kier molecular flexibility index (Phi) is 2.52. The number of aryl methyl sites for hydroxylation is 1. The van der Waals surface area contributed by atoms with E-state index in [2.05, 4.69) is 29.2 Å².